The van der Waals surface area contributed by atoms with Gasteiger partial charge in [0.1, 0.15) is 17.3 Å². The van der Waals surface area contributed by atoms with Gasteiger partial charge < -0.3 is 14.5 Å². The minimum atomic E-state index is -0.0229. The highest BCUT2D eigenvalue weighted by Gasteiger charge is 2.19. The first-order valence-corrected chi connectivity index (χ1v) is 8.24. The van der Waals surface area contributed by atoms with Crippen LogP contribution in [0.15, 0.2) is 60.9 Å². The van der Waals surface area contributed by atoms with Crippen molar-refractivity contribution in [2.75, 3.05) is 14.2 Å². The van der Waals surface area contributed by atoms with E-state index in [1.165, 1.54) is 0 Å². The molecule has 1 unspecified atom stereocenters. The molecule has 3 aromatic rings. The van der Waals surface area contributed by atoms with Gasteiger partial charge in [-0.05, 0) is 42.3 Å². The molecule has 0 bridgehead atoms. The lowest BCUT2D eigenvalue weighted by Gasteiger charge is -2.24. The van der Waals surface area contributed by atoms with E-state index in [1.54, 1.807) is 20.4 Å². The molecule has 5 nitrogen and oxygen atoms in total. The second-order valence-electron chi connectivity index (χ2n) is 5.85. The monoisotopic (exact) mass is 337 g/mol. The molecule has 0 aliphatic rings. The molecule has 0 aliphatic carbocycles. The Morgan fingerprint density at radius 2 is 1.56 bits per heavy atom. The van der Waals surface area contributed by atoms with Gasteiger partial charge in [-0.25, -0.2) is 4.98 Å². The molecule has 25 heavy (non-hydrogen) atoms. The summed E-state index contributed by atoms with van der Waals surface area (Å²) in [7, 11) is 3.36. The summed E-state index contributed by atoms with van der Waals surface area (Å²) in [6.45, 7) is 2.09. The number of benzene rings is 2. The van der Waals surface area contributed by atoms with Crippen LogP contribution in [0.4, 0.5) is 0 Å². The van der Waals surface area contributed by atoms with Gasteiger partial charge in [0.25, 0.3) is 0 Å². The van der Waals surface area contributed by atoms with Crippen LogP contribution in [0.25, 0.3) is 0 Å². The molecule has 5 heteroatoms. The third-order valence-electron chi connectivity index (χ3n) is 4.20. The zero-order valence-corrected chi connectivity index (χ0v) is 14.7. The minimum Gasteiger partial charge on any atom is -0.497 e. The Morgan fingerprint density at radius 1 is 0.960 bits per heavy atom. The van der Waals surface area contributed by atoms with Gasteiger partial charge in [0.15, 0.2) is 0 Å². The van der Waals surface area contributed by atoms with Crippen molar-refractivity contribution in [2.24, 2.45) is 0 Å². The average molecular weight is 337 g/mol. The van der Waals surface area contributed by atoms with Crippen molar-refractivity contribution in [3.63, 3.8) is 0 Å². The first kappa shape index (κ1) is 17.0. The van der Waals surface area contributed by atoms with Crippen molar-refractivity contribution in [1.82, 2.24) is 15.3 Å². The molecular formula is C20H23N3O2. The van der Waals surface area contributed by atoms with Crippen LogP contribution in [-0.4, -0.2) is 24.2 Å². The SMILES string of the molecule is COc1cccc(C(NC(C)c2ncc[nH]2)c2cccc(OC)c2)c1. The molecular weight excluding hydrogens is 314 g/mol. The molecule has 3 rings (SSSR count). The smallest absolute Gasteiger partial charge is 0.122 e. The summed E-state index contributed by atoms with van der Waals surface area (Å²) in [5.41, 5.74) is 2.23. The molecule has 0 fully saturated rings. The van der Waals surface area contributed by atoms with Crippen LogP contribution in [0, 0.1) is 0 Å². The largest absolute Gasteiger partial charge is 0.497 e. The lowest BCUT2D eigenvalue weighted by atomic mass is 9.97. The third-order valence-corrected chi connectivity index (χ3v) is 4.20. The highest BCUT2D eigenvalue weighted by molar-refractivity contribution is 5.39. The van der Waals surface area contributed by atoms with Crippen LogP contribution in [0.1, 0.15) is 36.0 Å². The summed E-state index contributed by atoms with van der Waals surface area (Å²) in [6, 6.07) is 16.2. The third kappa shape index (κ3) is 4.00. The van der Waals surface area contributed by atoms with Crippen molar-refractivity contribution >= 4 is 0 Å². The maximum absolute atomic E-state index is 5.39. The number of aromatic amines is 1. The topological polar surface area (TPSA) is 59.2 Å². The average Bonchev–Trinajstić information content (AvgIpc) is 3.21. The van der Waals surface area contributed by atoms with E-state index in [-0.39, 0.29) is 12.1 Å². The number of imidazole rings is 1. The molecule has 2 N–H and O–H groups in total. The molecule has 1 atom stereocenters. The van der Waals surface area contributed by atoms with E-state index in [1.807, 2.05) is 42.6 Å². The molecule has 130 valence electrons. The molecule has 0 spiro atoms. The first-order chi connectivity index (χ1) is 12.2. The Labute approximate surface area is 148 Å². The summed E-state index contributed by atoms with van der Waals surface area (Å²) in [4.78, 5) is 7.52. The highest BCUT2D eigenvalue weighted by Crippen LogP contribution is 2.29. The fourth-order valence-electron chi connectivity index (χ4n) is 2.87. The molecule has 0 saturated heterocycles. The summed E-state index contributed by atoms with van der Waals surface area (Å²) in [5.74, 6) is 2.56. The summed E-state index contributed by atoms with van der Waals surface area (Å²) in [6.07, 6.45) is 3.60. The molecule has 0 amide bonds. The number of hydrogen-bond acceptors (Lipinski definition) is 4. The van der Waals surface area contributed by atoms with Crippen molar-refractivity contribution in [1.29, 1.82) is 0 Å². The van der Waals surface area contributed by atoms with Gasteiger partial charge in [-0.3, -0.25) is 5.32 Å². The van der Waals surface area contributed by atoms with Gasteiger partial charge in [-0.2, -0.15) is 0 Å². The van der Waals surface area contributed by atoms with Gasteiger partial charge in [-0.15, -0.1) is 0 Å². The molecule has 0 aliphatic heterocycles. The fraction of sp³-hybridized carbons (Fsp3) is 0.250. The van der Waals surface area contributed by atoms with Crippen LogP contribution in [-0.2, 0) is 0 Å². The Hall–Kier alpha value is -2.79. The van der Waals surface area contributed by atoms with E-state index in [0.717, 1.165) is 28.5 Å². The second kappa shape index (κ2) is 7.85. The van der Waals surface area contributed by atoms with Crippen molar-refractivity contribution in [3.8, 4) is 11.5 Å². The number of ether oxygens (including phenoxy) is 2. The number of hydrogen-bond donors (Lipinski definition) is 2. The number of H-pyrrole nitrogens is 1. The predicted octanol–water partition coefficient (Wildman–Crippen LogP) is 3.87. The normalized spacial score (nSPS) is 12.2. The Bertz CT molecular complexity index is 755. The Morgan fingerprint density at radius 3 is 2.04 bits per heavy atom. The zero-order valence-electron chi connectivity index (χ0n) is 14.7. The molecule has 2 aromatic carbocycles. The number of aromatic nitrogens is 2. The molecule has 1 aromatic heterocycles. The lowest BCUT2D eigenvalue weighted by molar-refractivity contribution is 0.411. The van der Waals surface area contributed by atoms with Crippen LogP contribution in [0.3, 0.4) is 0 Å². The number of nitrogens with one attached hydrogen (secondary N) is 2. The van der Waals surface area contributed by atoms with Crippen molar-refractivity contribution in [3.05, 3.63) is 77.9 Å². The van der Waals surface area contributed by atoms with Crippen LogP contribution in [0.5, 0.6) is 11.5 Å². The van der Waals surface area contributed by atoms with Crippen molar-refractivity contribution in [2.45, 2.75) is 19.0 Å². The van der Waals surface area contributed by atoms with Gasteiger partial charge in [0, 0.05) is 12.4 Å². The maximum Gasteiger partial charge on any atom is 0.122 e. The van der Waals surface area contributed by atoms with E-state index >= 15 is 0 Å². The molecule has 0 radical (unpaired) electrons. The number of methoxy groups -OCH3 is 2. The van der Waals surface area contributed by atoms with Crippen LogP contribution in [0.2, 0.25) is 0 Å². The van der Waals surface area contributed by atoms with E-state index < -0.39 is 0 Å². The number of rotatable bonds is 7. The highest BCUT2D eigenvalue weighted by atomic mass is 16.5. The van der Waals surface area contributed by atoms with Crippen LogP contribution < -0.4 is 14.8 Å². The summed E-state index contributed by atoms with van der Waals surface area (Å²) in [5, 5.41) is 3.65. The zero-order chi connectivity index (χ0) is 17.6. The first-order valence-electron chi connectivity index (χ1n) is 8.24. The summed E-state index contributed by atoms with van der Waals surface area (Å²) < 4.78 is 10.8. The van der Waals surface area contributed by atoms with E-state index in [9.17, 15) is 0 Å². The van der Waals surface area contributed by atoms with E-state index in [0.29, 0.717) is 0 Å². The minimum absolute atomic E-state index is 0.0229. The Kier molecular flexibility index (Phi) is 5.36. The summed E-state index contributed by atoms with van der Waals surface area (Å²) >= 11 is 0. The van der Waals surface area contributed by atoms with Gasteiger partial charge in [-0.1, -0.05) is 24.3 Å². The van der Waals surface area contributed by atoms with E-state index in [4.69, 9.17) is 9.47 Å². The predicted molar refractivity (Wildman–Crippen MR) is 98.0 cm³/mol. The van der Waals surface area contributed by atoms with Gasteiger partial charge in [0.05, 0.1) is 26.3 Å². The fourth-order valence-corrected chi connectivity index (χ4v) is 2.87. The van der Waals surface area contributed by atoms with Crippen molar-refractivity contribution < 1.29 is 9.47 Å². The van der Waals surface area contributed by atoms with Gasteiger partial charge in [0.2, 0.25) is 0 Å². The standard InChI is InChI=1S/C20H23N3O2/c1-14(20-21-10-11-22-20)23-19(15-6-4-8-17(12-15)24-2)16-7-5-9-18(13-16)25-3/h4-14,19,23H,1-3H3,(H,21,22). The quantitative estimate of drug-likeness (QED) is 0.687. The second-order valence-corrected chi connectivity index (χ2v) is 5.85. The number of nitrogens with zero attached hydrogens (tertiary/aromatic N) is 1. The lowest BCUT2D eigenvalue weighted by Crippen LogP contribution is -2.26. The van der Waals surface area contributed by atoms with E-state index in [2.05, 4.69) is 34.3 Å². The molecule has 1 heterocycles. The maximum atomic E-state index is 5.39. The van der Waals surface area contributed by atoms with Crippen LogP contribution >= 0.6 is 0 Å². The van der Waals surface area contributed by atoms with Gasteiger partial charge >= 0.3 is 0 Å². The molecule has 0 saturated carbocycles. The Balaban J connectivity index is 1.97.